The lowest BCUT2D eigenvalue weighted by molar-refractivity contribution is 0.0954. The van der Waals surface area contributed by atoms with E-state index in [1.54, 1.807) is 34.2 Å². The summed E-state index contributed by atoms with van der Waals surface area (Å²) in [5, 5.41) is 9.10. The number of carbonyl (C=O) groups excluding carboxylic acids is 1. The van der Waals surface area contributed by atoms with Gasteiger partial charge in [-0.25, -0.2) is 14.5 Å². The van der Waals surface area contributed by atoms with Gasteiger partial charge in [0.1, 0.15) is 12.1 Å². The summed E-state index contributed by atoms with van der Waals surface area (Å²) >= 11 is 1.54. The average molecular weight is 316 g/mol. The Hall–Kier alpha value is -2.48. The van der Waals surface area contributed by atoms with Crippen molar-refractivity contribution in [2.24, 2.45) is 0 Å². The molecule has 0 radical (unpaired) electrons. The summed E-state index contributed by atoms with van der Waals surface area (Å²) in [6, 6.07) is 3.54. The fourth-order valence-electron chi connectivity index (χ4n) is 2.17. The van der Waals surface area contributed by atoms with Crippen molar-refractivity contribution >= 4 is 28.0 Å². The lowest BCUT2D eigenvalue weighted by Gasteiger charge is -2.15. The molecule has 0 atom stereocenters. The summed E-state index contributed by atoms with van der Waals surface area (Å²) in [4.78, 5) is 23.4. The zero-order chi connectivity index (χ0) is 15.5. The van der Waals surface area contributed by atoms with Crippen LogP contribution in [0.25, 0.3) is 4.96 Å². The van der Waals surface area contributed by atoms with Gasteiger partial charge in [0.15, 0.2) is 0 Å². The Morgan fingerprint density at radius 2 is 2.27 bits per heavy atom. The summed E-state index contributed by atoms with van der Waals surface area (Å²) in [5.41, 5.74) is 1.61. The molecule has 3 heterocycles. The molecule has 8 heteroatoms. The number of aromatic nitrogens is 4. The van der Waals surface area contributed by atoms with Gasteiger partial charge in [0.05, 0.1) is 11.3 Å². The molecule has 114 valence electrons. The number of anilines is 1. The van der Waals surface area contributed by atoms with Crippen LogP contribution in [0.1, 0.15) is 16.1 Å². The number of carbonyl (C=O) groups is 1. The summed E-state index contributed by atoms with van der Waals surface area (Å²) in [7, 11) is 3.73. The largest absolute Gasteiger partial charge is 0.362 e. The van der Waals surface area contributed by atoms with Crippen molar-refractivity contribution in [3.8, 4) is 0 Å². The van der Waals surface area contributed by atoms with Gasteiger partial charge < -0.3 is 10.2 Å². The highest BCUT2D eigenvalue weighted by atomic mass is 32.1. The van der Waals surface area contributed by atoms with E-state index >= 15 is 0 Å². The molecule has 1 amide bonds. The second kappa shape index (κ2) is 6.10. The standard InChI is InChI=1S/C14H16N6OS/c1-19(2)12-11(4-3-6-15-12)13(21)16-7-5-10-8-22-14-17-9-18-20(10)14/h3-4,6,8-9H,5,7H2,1-2H3,(H,16,21). The quantitative estimate of drug-likeness (QED) is 0.766. The summed E-state index contributed by atoms with van der Waals surface area (Å²) < 4.78 is 1.80. The average Bonchev–Trinajstić information content (AvgIpc) is 3.11. The van der Waals surface area contributed by atoms with Gasteiger partial charge in [-0.3, -0.25) is 4.79 Å². The van der Waals surface area contributed by atoms with E-state index in [0.29, 0.717) is 24.3 Å². The van der Waals surface area contributed by atoms with E-state index in [0.717, 1.165) is 10.7 Å². The molecule has 0 unspecified atom stereocenters. The van der Waals surface area contributed by atoms with Gasteiger partial charge in [-0.1, -0.05) is 0 Å². The number of hydrogen-bond acceptors (Lipinski definition) is 6. The third kappa shape index (κ3) is 2.77. The number of thiazole rings is 1. The summed E-state index contributed by atoms with van der Waals surface area (Å²) in [6.45, 7) is 0.534. The first-order valence-corrected chi connectivity index (χ1v) is 7.71. The van der Waals surface area contributed by atoms with Gasteiger partial charge in [-0.15, -0.1) is 11.3 Å². The lowest BCUT2D eigenvalue weighted by atomic mass is 10.2. The minimum absolute atomic E-state index is 0.123. The van der Waals surface area contributed by atoms with Gasteiger partial charge >= 0.3 is 0 Å². The van der Waals surface area contributed by atoms with Crippen molar-refractivity contribution in [1.82, 2.24) is 24.9 Å². The molecule has 0 spiro atoms. The Bertz CT molecular complexity index is 793. The van der Waals surface area contributed by atoms with E-state index in [1.807, 2.05) is 24.4 Å². The number of nitrogens with zero attached hydrogens (tertiary/aromatic N) is 5. The molecule has 7 nitrogen and oxygen atoms in total. The van der Waals surface area contributed by atoms with Gasteiger partial charge in [-0.2, -0.15) is 5.10 Å². The predicted octanol–water partition coefficient (Wildman–Crippen LogP) is 1.22. The van der Waals surface area contributed by atoms with Crippen LogP contribution >= 0.6 is 11.3 Å². The Morgan fingerprint density at radius 1 is 1.41 bits per heavy atom. The molecule has 0 fully saturated rings. The number of hydrogen-bond donors (Lipinski definition) is 1. The summed E-state index contributed by atoms with van der Waals surface area (Å²) in [5.74, 6) is 0.538. The molecule has 3 aromatic heterocycles. The van der Waals surface area contributed by atoms with E-state index in [1.165, 1.54) is 6.33 Å². The Kier molecular flexibility index (Phi) is 4.01. The zero-order valence-corrected chi connectivity index (χ0v) is 13.2. The molecule has 0 aromatic carbocycles. The molecule has 0 saturated heterocycles. The minimum atomic E-state index is -0.123. The highest BCUT2D eigenvalue weighted by Crippen LogP contribution is 2.15. The highest BCUT2D eigenvalue weighted by Gasteiger charge is 2.13. The van der Waals surface area contributed by atoms with Crippen LogP contribution in [0.15, 0.2) is 30.0 Å². The molecule has 0 saturated carbocycles. The maximum Gasteiger partial charge on any atom is 0.255 e. The molecule has 1 N–H and O–H groups in total. The van der Waals surface area contributed by atoms with Crippen molar-refractivity contribution in [2.45, 2.75) is 6.42 Å². The third-order valence-electron chi connectivity index (χ3n) is 3.21. The molecule has 3 rings (SSSR count). The van der Waals surface area contributed by atoms with E-state index in [9.17, 15) is 4.79 Å². The first kappa shape index (κ1) is 14.5. The van der Waals surface area contributed by atoms with Crippen LogP contribution in [0.2, 0.25) is 0 Å². The molecular formula is C14H16N6OS. The molecule has 3 aromatic rings. The second-order valence-electron chi connectivity index (χ2n) is 4.96. The normalized spacial score (nSPS) is 10.8. The van der Waals surface area contributed by atoms with Crippen molar-refractivity contribution < 1.29 is 4.79 Å². The van der Waals surface area contributed by atoms with E-state index in [-0.39, 0.29) is 5.91 Å². The van der Waals surface area contributed by atoms with Crippen LogP contribution in [0, 0.1) is 0 Å². The Morgan fingerprint density at radius 3 is 3.09 bits per heavy atom. The predicted molar refractivity (Wildman–Crippen MR) is 85.5 cm³/mol. The molecule has 0 bridgehead atoms. The van der Waals surface area contributed by atoms with E-state index in [4.69, 9.17) is 0 Å². The van der Waals surface area contributed by atoms with Crippen molar-refractivity contribution in [3.63, 3.8) is 0 Å². The molecule has 0 aliphatic rings. The van der Waals surface area contributed by atoms with Gasteiger partial charge in [0.2, 0.25) is 4.96 Å². The van der Waals surface area contributed by atoms with Gasteiger partial charge in [-0.05, 0) is 12.1 Å². The Balaban J connectivity index is 1.65. The topological polar surface area (TPSA) is 75.4 Å². The maximum absolute atomic E-state index is 12.3. The smallest absolute Gasteiger partial charge is 0.255 e. The first-order valence-electron chi connectivity index (χ1n) is 6.83. The fourth-order valence-corrected chi connectivity index (χ4v) is 3.01. The number of nitrogens with one attached hydrogen (secondary N) is 1. The van der Waals surface area contributed by atoms with E-state index < -0.39 is 0 Å². The molecular weight excluding hydrogens is 300 g/mol. The van der Waals surface area contributed by atoms with Gasteiger partial charge in [0.25, 0.3) is 5.91 Å². The van der Waals surface area contributed by atoms with Crippen molar-refractivity contribution in [3.05, 3.63) is 41.3 Å². The summed E-state index contributed by atoms with van der Waals surface area (Å²) in [6.07, 6.45) is 3.92. The van der Waals surface area contributed by atoms with Crippen LogP contribution < -0.4 is 10.2 Å². The number of rotatable bonds is 5. The molecule has 22 heavy (non-hydrogen) atoms. The SMILES string of the molecule is CN(C)c1ncccc1C(=O)NCCc1csc2ncnn12. The van der Waals surface area contributed by atoms with Crippen molar-refractivity contribution in [1.29, 1.82) is 0 Å². The third-order valence-corrected chi connectivity index (χ3v) is 4.09. The Labute approximate surface area is 131 Å². The second-order valence-corrected chi connectivity index (χ2v) is 5.79. The van der Waals surface area contributed by atoms with Crippen LogP contribution in [0.3, 0.4) is 0 Å². The van der Waals surface area contributed by atoms with Crippen LogP contribution in [0.4, 0.5) is 5.82 Å². The number of amides is 1. The van der Waals surface area contributed by atoms with Gasteiger partial charge in [0, 0.05) is 38.6 Å². The molecule has 0 aliphatic heterocycles. The number of fused-ring (bicyclic) bond motifs is 1. The van der Waals surface area contributed by atoms with Crippen molar-refractivity contribution in [2.75, 3.05) is 25.5 Å². The highest BCUT2D eigenvalue weighted by molar-refractivity contribution is 7.15. The number of pyridine rings is 1. The van der Waals surface area contributed by atoms with Crippen LogP contribution in [0.5, 0.6) is 0 Å². The fraction of sp³-hybridized carbons (Fsp3) is 0.286. The van der Waals surface area contributed by atoms with Crippen LogP contribution in [-0.2, 0) is 6.42 Å². The zero-order valence-electron chi connectivity index (χ0n) is 12.4. The maximum atomic E-state index is 12.3. The molecule has 0 aliphatic carbocycles. The van der Waals surface area contributed by atoms with Crippen LogP contribution in [-0.4, -0.2) is 46.1 Å². The van der Waals surface area contributed by atoms with E-state index in [2.05, 4.69) is 20.4 Å². The first-order chi connectivity index (χ1) is 10.7. The lowest BCUT2D eigenvalue weighted by Crippen LogP contribution is -2.28. The minimum Gasteiger partial charge on any atom is -0.362 e. The monoisotopic (exact) mass is 316 g/mol.